The predicted molar refractivity (Wildman–Crippen MR) is 84.2 cm³/mol. The van der Waals surface area contributed by atoms with Crippen LogP contribution in [-0.2, 0) is 6.42 Å². The molecule has 0 aromatic heterocycles. The maximum atomic E-state index is 6.11. The molecule has 0 amide bonds. The zero-order chi connectivity index (χ0) is 13.0. The van der Waals surface area contributed by atoms with Crippen LogP contribution in [0.1, 0.15) is 44.6 Å². The smallest absolute Gasteiger partial charge is 0.0178 e. The second-order valence-electron chi connectivity index (χ2n) is 5.15. The number of thioether (sulfide) groups is 1. The van der Waals surface area contributed by atoms with E-state index in [0.29, 0.717) is 0 Å². The highest BCUT2D eigenvalue weighted by atomic mass is 79.9. The van der Waals surface area contributed by atoms with Gasteiger partial charge in [-0.15, -0.1) is 11.8 Å². The molecule has 1 aliphatic rings. The Morgan fingerprint density at radius 3 is 2.78 bits per heavy atom. The Hall–Kier alpha value is 0.01000. The summed E-state index contributed by atoms with van der Waals surface area (Å²) in [5.41, 5.74) is 7.52. The van der Waals surface area contributed by atoms with Crippen LogP contribution >= 0.6 is 27.7 Å². The van der Waals surface area contributed by atoms with Gasteiger partial charge in [0, 0.05) is 20.7 Å². The number of halogens is 1. The van der Waals surface area contributed by atoms with Crippen molar-refractivity contribution in [1.82, 2.24) is 0 Å². The van der Waals surface area contributed by atoms with Gasteiger partial charge < -0.3 is 5.73 Å². The van der Waals surface area contributed by atoms with Gasteiger partial charge in [0.25, 0.3) is 0 Å². The van der Waals surface area contributed by atoms with Gasteiger partial charge in [-0.2, -0.15) is 0 Å². The van der Waals surface area contributed by atoms with E-state index in [1.807, 2.05) is 0 Å². The van der Waals surface area contributed by atoms with Crippen LogP contribution in [0, 0.1) is 0 Å². The molecular weight excluding hydrogens is 306 g/mol. The Bertz CT molecular complexity index is 388. The van der Waals surface area contributed by atoms with Crippen LogP contribution in [0.5, 0.6) is 0 Å². The summed E-state index contributed by atoms with van der Waals surface area (Å²) in [7, 11) is 0. The van der Waals surface area contributed by atoms with E-state index in [1.54, 1.807) is 0 Å². The van der Waals surface area contributed by atoms with E-state index in [0.717, 1.165) is 22.6 Å². The number of rotatable bonds is 5. The summed E-state index contributed by atoms with van der Waals surface area (Å²) in [4.78, 5) is 1.44. The van der Waals surface area contributed by atoms with Crippen LogP contribution in [0.2, 0.25) is 0 Å². The van der Waals surface area contributed by atoms with Crippen molar-refractivity contribution in [2.24, 2.45) is 5.73 Å². The third-order valence-corrected chi connectivity index (χ3v) is 5.58. The molecule has 0 bridgehead atoms. The fraction of sp³-hybridized carbons (Fsp3) is 0.600. The Labute approximate surface area is 123 Å². The van der Waals surface area contributed by atoms with Crippen LogP contribution in [0.3, 0.4) is 0 Å². The second kappa shape index (κ2) is 6.97. The van der Waals surface area contributed by atoms with Crippen LogP contribution < -0.4 is 5.73 Å². The third-order valence-electron chi connectivity index (χ3n) is 3.62. The fourth-order valence-corrected chi connectivity index (χ4v) is 4.21. The molecular formula is C15H22BrNS. The van der Waals surface area contributed by atoms with E-state index in [1.165, 1.54) is 36.1 Å². The molecule has 1 nitrogen and oxygen atoms in total. The Morgan fingerprint density at radius 2 is 2.11 bits per heavy atom. The maximum Gasteiger partial charge on any atom is 0.0178 e. The normalized spacial score (nSPS) is 18.2. The van der Waals surface area contributed by atoms with Crippen LogP contribution in [0.25, 0.3) is 0 Å². The Balaban J connectivity index is 2.11. The molecule has 3 heteroatoms. The maximum absolute atomic E-state index is 6.11. The molecule has 1 aromatic rings. The number of hydrogen-bond acceptors (Lipinski definition) is 2. The molecule has 1 aliphatic carbocycles. The molecule has 1 saturated carbocycles. The van der Waals surface area contributed by atoms with Crippen molar-refractivity contribution < 1.29 is 0 Å². The number of benzene rings is 1. The van der Waals surface area contributed by atoms with Gasteiger partial charge in [0.15, 0.2) is 0 Å². The zero-order valence-corrected chi connectivity index (χ0v) is 13.4. The quantitative estimate of drug-likeness (QED) is 0.843. The number of nitrogens with two attached hydrogens (primary N) is 1. The van der Waals surface area contributed by atoms with Crippen molar-refractivity contribution in [2.75, 3.05) is 0 Å². The minimum absolute atomic E-state index is 0.280. The van der Waals surface area contributed by atoms with Gasteiger partial charge in [-0.3, -0.25) is 0 Å². The molecule has 18 heavy (non-hydrogen) atoms. The summed E-state index contributed by atoms with van der Waals surface area (Å²) in [6, 6.07) is 6.93. The highest BCUT2D eigenvalue weighted by Gasteiger charge is 2.18. The molecule has 2 N–H and O–H groups in total. The van der Waals surface area contributed by atoms with Gasteiger partial charge in [-0.1, -0.05) is 35.7 Å². The lowest BCUT2D eigenvalue weighted by Gasteiger charge is -2.16. The molecule has 1 unspecified atom stereocenters. The van der Waals surface area contributed by atoms with Crippen LogP contribution in [-0.4, -0.2) is 11.3 Å². The largest absolute Gasteiger partial charge is 0.327 e. The lowest BCUT2D eigenvalue weighted by atomic mass is 10.1. The Morgan fingerprint density at radius 1 is 1.39 bits per heavy atom. The van der Waals surface area contributed by atoms with E-state index >= 15 is 0 Å². The third kappa shape index (κ3) is 4.01. The Kier molecular flexibility index (Phi) is 5.58. The van der Waals surface area contributed by atoms with Crippen molar-refractivity contribution in [3.05, 3.63) is 28.2 Å². The zero-order valence-electron chi connectivity index (χ0n) is 11.0. The molecule has 1 aromatic carbocycles. The lowest BCUT2D eigenvalue weighted by Crippen LogP contribution is -2.21. The molecule has 0 spiro atoms. The van der Waals surface area contributed by atoms with Gasteiger partial charge in [-0.25, -0.2) is 0 Å². The summed E-state index contributed by atoms with van der Waals surface area (Å²) in [5, 5.41) is 0.822. The fourth-order valence-electron chi connectivity index (χ4n) is 2.44. The van der Waals surface area contributed by atoms with E-state index in [9.17, 15) is 0 Å². The van der Waals surface area contributed by atoms with Crippen molar-refractivity contribution in [1.29, 1.82) is 0 Å². The second-order valence-corrected chi connectivity index (χ2v) is 7.41. The van der Waals surface area contributed by atoms with Gasteiger partial charge in [0.2, 0.25) is 0 Å². The van der Waals surface area contributed by atoms with E-state index < -0.39 is 0 Å². The first kappa shape index (κ1) is 14.4. The molecule has 0 heterocycles. The van der Waals surface area contributed by atoms with Crippen LogP contribution in [0.15, 0.2) is 27.6 Å². The van der Waals surface area contributed by atoms with E-state index in [4.69, 9.17) is 5.73 Å². The first-order valence-corrected chi connectivity index (χ1v) is 8.57. The number of hydrogen-bond donors (Lipinski definition) is 1. The summed E-state index contributed by atoms with van der Waals surface area (Å²) in [6.45, 7) is 2.16. The standard InChI is InChI=1S/C15H22BrNS/c1-2-13(17)10-11-9-12(16)7-8-15(11)18-14-5-3-4-6-14/h7-9,13-14H,2-6,10,17H2,1H3. The van der Waals surface area contributed by atoms with Crippen molar-refractivity contribution >= 4 is 27.7 Å². The minimum atomic E-state index is 0.280. The van der Waals surface area contributed by atoms with Gasteiger partial charge in [0.1, 0.15) is 0 Å². The average molecular weight is 328 g/mol. The summed E-state index contributed by atoms with van der Waals surface area (Å²) < 4.78 is 1.16. The molecule has 1 fully saturated rings. The lowest BCUT2D eigenvalue weighted by molar-refractivity contribution is 0.640. The molecule has 100 valence electrons. The molecule has 0 aliphatic heterocycles. The van der Waals surface area contributed by atoms with Crippen molar-refractivity contribution in [2.45, 2.75) is 61.6 Å². The van der Waals surface area contributed by atoms with Gasteiger partial charge in [0.05, 0.1) is 0 Å². The van der Waals surface area contributed by atoms with Gasteiger partial charge in [-0.05, 0) is 49.4 Å². The molecule has 0 saturated heterocycles. The van der Waals surface area contributed by atoms with E-state index in [-0.39, 0.29) is 6.04 Å². The molecule has 0 radical (unpaired) electrons. The monoisotopic (exact) mass is 327 g/mol. The van der Waals surface area contributed by atoms with Crippen molar-refractivity contribution in [3.63, 3.8) is 0 Å². The summed E-state index contributed by atoms with van der Waals surface area (Å²) in [6.07, 6.45) is 7.58. The van der Waals surface area contributed by atoms with Crippen LogP contribution in [0.4, 0.5) is 0 Å². The topological polar surface area (TPSA) is 26.0 Å². The van der Waals surface area contributed by atoms with E-state index in [2.05, 4.69) is 52.8 Å². The van der Waals surface area contributed by atoms with Crippen molar-refractivity contribution in [3.8, 4) is 0 Å². The predicted octanol–water partition coefficient (Wildman–Crippen LogP) is 4.76. The highest BCUT2D eigenvalue weighted by molar-refractivity contribution is 9.10. The summed E-state index contributed by atoms with van der Waals surface area (Å²) >= 11 is 5.63. The SMILES string of the molecule is CCC(N)Cc1cc(Br)ccc1SC1CCCC1. The first-order valence-electron chi connectivity index (χ1n) is 6.89. The minimum Gasteiger partial charge on any atom is -0.327 e. The first-order chi connectivity index (χ1) is 8.69. The summed E-state index contributed by atoms with van der Waals surface area (Å²) in [5.74, 6) is 0. The molecule has 2 rings (SSSR count). The highest BCUT2D eigenvalue weighted by Crippen LogP contribution is 2.37. The average Bonchev–Trinajstić information content (AvgIpc) is 2.85. The molecule has 1 atom stereocenters. The van der Waals surface area contributed by atoms with Gasteiger partial charge >= 0.3 is 0 Å².